The number of benzene rings is 1. The Morgan fingerprint density at radius 1 is 0.563 bits per heavy atom. The van der Waals surface area contributed by atoms with E-state index in [0.717, 1.165) is 0 Å². The van der Waals surface area contributed by atoms with Crippen molar-refractivity contribution in [1.82, 2.24) is 42.5 Å². The van der Waals surface area contributed by atoms with Gasteiger partial charge in [0.05, 0.1) is 0 Å². The van der Waals surface area contributed by atoms with Crippen LogP contribution in [0.4, 0.5) is 0 Å². The fraction of sp³-hybridized carbons (Fsp3) is 0.614. The summed E-state index contributed by atoms with van der Waals surface area (Å²) in [4.78, 5) is 128. The summed E-state index contributed by atoms with van der Waals surface area (Å²) in [5, 5.41) is 30.3. The number of rotatable bonds is 32. The van der Waals surface area contributed by atoms with E-state index in [0.29, 0.717) is 12.0 Å². The molecule has 0 radical (unpaired) electrons. The van der Waals surface area contributed by atoms with E-state index in [1.807, 2.05) is 13.8 Å². The van der Waals surface area contributed by atoms with Crippen molar-refractivity contribution in [2.75, 3.05) is 24.6 Å². The smallest absolute Gasteiger partial charge is 0.244 e. The standard InChI is InChI=1S/C44H75N15O10S2/c1-7-23(4)34(59-39(66)31(18-22(2)3)57-40(67)32(20-70)53-25(6)60)42(69)52-24(5)36(63)54-28(10-8-16-50-43(46)47)38(65)58-33(21-71)41(68)55-29(11-9-17-51-44(48)49)37(64)56-30(35(45)62)19-26-12-14-27(61)15-13-26/h12-15,22-24,28-34,61,70-71H,7-11,16-21H2,1-6H3,(H2,45,62)(H,52,69)(H,53,60)(H,54,63)(H,55,68)(H,56,64)(H,57,67)(H,58,65)(H,59,66)(H4,46,47,50)(H4,48,49,51)/t23-,24-,28-,29-,30-,31-,32+,33-,34-/m0/s1. The first-order chi connectivity index (χ1) is 33.3. The fourth-order valence-corrected chi connectivity index (χ4v) is 7.20. The number of aromatic hydroxyl groups is 1. The second kappa shape index (κ2) is 32.4. The number of carbonyl (C=O) groups is 9. The predicted molar refractivity (Wildman–Crippen MR) is 274 cm³/mol. The van der Waals surface area contributed by atoms with Crippen molar-refractivity contribution in [2.24, 2.45) is 50.5 Å². The normalized spacial score (nSPS) is 14.7. The van der Waals surface area contributed by atoms with Crippen LogP contribution in [0, 0.1) is 11.8 Å². The highest BCUT2D eigenvalue weighted by Gasteiger charge is 2.35. The van der Waals surface area contributed by atoms with Crippen LogP contribution in [0.25, 0.3) is 0 Å². The van der Waals surface area contributed by atoms with Gasteiger partial charge < -0.3 is 76.3 Å². The van der Waals surface area contributed by atoms with Crippen molar-refractivity contribution in [3.8, 4) is 5.75 Å². The van der Waals surface area contributed by atoms with Crippen LogP contribution in [0.2, 0.25) is 0 Å². The van der Waals surface area contributed by atoms with Gasteiger partial charge in [-0.2, -0.15) is 25.3 Å². The molecule has 1 aromatic carbocycles. The number of aliphatic imine (C=N–C) groups is 2. The highest BCUT2D eigenvalue weighted by Crippen LogP contribution is 2.14. The van der Waals surface area contributed by atoms with E-state index < -0.39 is 107 Å². The van der Waals surface area contributed by atoms with Crippen LogP contribution in [-0.4, -0.2) is 143 Å². The molecule has 71 heavy (non-hydrogen) atoms. The van der Waals surface area contributed by atoms with Gasteiger partial charge in [-0.15, -0.1) is 0 Å². The lowest BCUT2D eigenvalue weighted by atomic mass is 9.96. The molecular weight excluding hydrogens is 963 g/mol. The van der Waals surface area contributed by atoms with Gasteiger partial charge in [-0.1, -0.05) is 46.2 Å². The van der Waals surface area contributed by atoms with E-state index in [-0.39, 0.29) is 86.7 Å². The van der Waals surface area contributed by atoms with Crippen LogP contribution >= 0.6 is 25.3 Å². The molecule has 0 saturated heterocycles. The number of hydrogen-bond acceptors (Lipinski definition) is 14. The first kappa shape index (κ1) is 62.5. The Balaban J connectivity index is 3.33. The average Bonchev–Trinajstić information content (AvgIpc) is 3.29. The molecule has 0 fully saturated rings. The van der Waals surface area contributed by atoms with E-state index in [9.17, 15) is 48.3 Å². The number of phenols is 1. The number of carbonyl (C=O) groups excluding carboxylic acids is 9. The molecule has 0 bridgehead atoms. The van der Waals surface area contributed by atoms with Gasteiger partial charge in [-0.3, -0.25) is 53.1 Å². The average molecular weight is 1040 g/mol. The second-order valence-corrected chi connectivity index (χ2v) is 18.1. The highest BCUT2D eigenvalue weighted by atomic mass is 32.1. The maximum atomic E-state index is 13.9. The van der Waals surface area contributed by atoms with Crippen LogP contribution in [0.1, 0.15) is 85.6 Å². The predicted octanol–water partition coefficient (Wildman–Crippen LogP) is -3.60. The number of guanidine groups is 2. The van der Waals surface area contributed by atoms with Crippen molar-refractivity contribution < 1.29 is 48.3 Å². The van der Waals surface area contributed by atoms with Crippen LogP contribution in [0.5, 0.6) is 5.75 Å². The minimum Gasteiger partial charge on any atom is -0.508 e. The summed E-state index contributed by atoms with van der Waals surface area (Å²) in [5.41, 5.74) is 28.0. The second-order valence-electron chi connectivity index (χ2n) is 17.3. The van der Waals surface area contributed by atoms with Crippen LogP contribution < -0.4 is 71.2 Å². The molecule has 9 atom stereocenters. The third kappa shape index (κ3) is 24.3. The molecule has 398 valence electrons. The number of amides is 9. The zero-order valence-electron chi connectivity index (χ0n) is 41.2. The summed E-state index contributed by atoms with van der Waals surface area (Å²) in [5.74, 6) is -8.06. The molecule has 0 aliphatic rings. The monoisotopic (exact) mass is 1040 g/mol. The summed E-state index contributed by atoms with van der Waals surface area (Å²) >= 11 is 8.40. The number of thiol groups is 2. The molecule has 0 heterocycles. The third-order valence-electron chi connectivity index (χ3n) is 10.8. The molecule has 0 aromatic heterocycles. The van der Waals surface area contributed by atoms with Crippen LogP contribution in [0.3, 0.4) is 0 Å². The third-order valence-corrected chi connectivity index (χ3v) is 11.5. The molecule has 27 heteroatoms. The molecule has 0 aliphatic carbocycles. The Kier molecular flexibility index (Phi) is 28.5. The van der Waals surface area contributed by atoms with Crippen molar-refractivity contribution in [3.05, 3.63) is 29.8 Å². The summed E-state index contributed by atoms with van der Waals surface area (Å²) in [6.45, 7) is 9.89. The van der Waals surface area contributed by atoms with Gasteiger partial charge in [-0.25, -0.2) is 0 Å². The van der Waals surface area contributed by atoms with E-state index in [1.165, 1.54) is 26.0 Å². The number of phenolic OH excluding ortho intramolecular Hbond substituents is 1. The van der Waals surface area contributed by atoms with Gasteiger partial charge in [0, 0.05) is 37.9 Å². The van der Waals surface area contributed by atoms with E-state index >= 15 is 0 Å². The van der Waals surface area contributed by atoms with Crippen molar-refractivity contribution in [1.29, 1.82) is 0 Å². The number of primary amides is 1. The molecule has 0 saturated carbocycles. The van der Waals surface area contributed by atoms with Gasteiger partial charge in [0.2, 0.25) is 53.2 Å². The van der Waals surface area contributed by atoms with Gasteiger partial charge in [0.25, 0.3) is 0 Å². The minimum absolute atomic E-state index is 0.0153. The quantitative estimate of drug-likeness (QED) is 0.0144. The highest BCUT2D eigenvalue weighted by molar-refractivity contribution is 7.80. The Labute approximate surface area is 425 Å². The molecule has 1 rings (SSSR count). The van der Waals surface area contributed by atoms with Gasteiger partial charge in [0.1, 0.15) is 54.1 Å². The fourth-order valence-electron chi connectivity index (χ4n) is 6.68. The Morgan fingerprint density at radius 2 is 0.986 bits per heavy atom. The minimum atomic E-state index is -1.39. The molecule has 0 aliphatic heterocycles. The largest absolute Gasteiger partial charge is 0.508 e. The molecule has 9 amide bonds. The summed E-state index contributed by atoms with van der Waals surface area (Å²) in [6.07, 6.45) is 0.807. The number of nitrogens with one attached hydrogen (secondary N) is 8. The van der Waals surface area contributed by atoms with Crippen LogP contribution in [-0.2, 0) is 49.6 Å². The van der Waals surface area contributed by atoms with Crippen molar-refractivity contribution >= 4 is 90.3 Å². The number of nitrogens with two attached hydrogens (primary N) is 5. The topological polar surface area (TPSA) is 425 Å². The number of nitrogens with zero attached hydrogens (tertiary/aromatic N) is 2. The zero-order chi connectivity index (χ0) is 54.0. The number of hydrogen-bond donors (Lipinski definition) is 16. The maximum Gasteiger partial charge on any atom is 0.244 e. The first-order valence-electron chi connectivity index (χ1n) is 23.1. The molecular formula is C44H75N15O10S2. The van der Waals surface area contributed by atoms with Crippen molar-refractivity contribution in [3.63, 3.8) is 0 Å². The lowest BCUT2D eigenvalue weighted by molar-refractivity contribution is -0.136. The van der Waals surface area contributed by atoms with Gasteiger partial charge in [-0.05, 0) is 68.6 Å². The van der Waals surface area contributed by atoms with Crippen molar-refractivity contribution in [2.45, 2.75) is 135 Å². The Morgan fingerprint density at radius 3 is 1.42 bits per heavy atom. The lowest BCUT2D eigenvalue weighted by Crippen LogP contribution is -2.61. The van der Waals surface area contributed by atoms with Gasteiger partial charge >= 0.3 is 0 Å². The zero-order valence-corrected chi connectivity index (χ0v) is 42.9. The van der Waals surface area contributed by atoms with E-state index in [4.69, 9.17) is 28.7 Å². The SMILES string of the molecule is CC[C@H](C)[C@H](NC(=O)[C@H](CC(C)C)NC(=O)[C@@H](CS)NC(C)=O)C(=O)N[C@@H](C)C(=O)N[C@@H](CCCN=C(N)N)C(=O)N[C@@H](CS)C(=O)N[C@@H](CCCN=C(N)N)C(=O)N[C@@H](Cc1ccc(O)cc1)C(N)=O. The molecule has 0 unspecified atom stereocenters. The maximum absolute atomic E-state index is 13.9. The molecule has 19 N–H and O–H groups in total. The summed E-state index contributed by atoms with van der Waals surface area (Å²) in [7, 11) is 0. The summed E-state index contributed by atoms with van der Waals surface area (Å²) in [6, 6.07) is -3.99. The summed E-state index contributed by atoms with van der Waals surface area (Å²) < 4.78 is 0. The Hall–Kier alpha value is -6.51. The van der Waals surface area contributed by atoms with Crippen LogP contribution in [0.15, 0.2) is 34.3 Å². The molecule has 25 nitrogen and oxygen atoms in total. The lowest BCUT2D eigenvalue weighted by Gasteiger charge is -2.29. The van der Waals surface area contributed by atoms with Gasteiger partial charge in [0.15, 0.2) is 11.9 Å². The first-order valence-corrected chi connectivity index (χ1v) is 24.4. The molecule has 0 spiro atoms. The Bertz CT molecular complexity index is 2020. The van der Waals surface area contributed by atoms with E-state index in [2.05, 4.69) is 77.8 Å². The van der Waals surface area contributed by atoms with E-state index in [1.54, 1.807) is 26.0 Å². The molecule has 1 aromatic rings.